The van der Waals surface area contributed by atoms with Gasteiger partial charge >= 0.3 is 0 Å². The molecule has 1 saturated heterocycles. The smallest absolute Gasteiger partial charge is 0.222 e. The molecule has 2 nitrogen and oxygen atoms in total. The van der Waals surface area contributed by atoms with Crippen molar-refractivity contribution in [3.05, 3.63) is 11.6 Å². The highest BCUT2D eigenvalue weighted by atomic mass is 16.2. The van der Waals surface area contributed by atoms with Crippen molar-refractivity contribution in [1.82, 2.24) is 4.90 Å². The summed E-state index contributed by atoms with van der Waals surface area (Å²) >= 11 is 0. The first-order chi connectivity index (χ1) is 11.4. The lowest BCUT2D eigenvalue weighted by Crippen LogP contribution is -2.61. The van der Waals surface area contributed by atoms with Crippen LogP contribution in [-0.2, 0) is 4.79 Å². The number of fused-ring (bicyclic) bond motifs is 5. The van der Waals surface area contributed by atoms with Gasteiger partial charge in [0.2, 0.25) is 5.91 Å². The highest BCUT2D eigenvalue weighted by molar-refractivity contribution is 5.77. The van der Waals surface area contributed by atoms with Gasteiger partial charge in [-0.3, -0.25) is 4.79 Å². The van der Waals surface area contributed by atoms with E-state index in [2.05, 4.69) is 36.7 Å². The quantitative estimate of drug-likeness (QED) is 0.604. The van der Waals surface area contributed by atoms with Gasteiger partial charge in [0.25, 0.3) is 0 Å². The van der Waals surface area contributed by atoms with Crippen LogP contribution >= 0.6 is 0 Å². The van der Waals surface area contributed by atoms with Gasteiger partial charge in [-0.25, -0.2) is 0 Å². The van der Waals surface area contributed by atoms with E-state index in [-0.39, 0.29) is 0 Å². The normalized spacial score (nSPS) is 47.1. The molecule has 1 aliphatic heterocycles. The van der Waals surface area contributed by atoms with Crippen LogP contribution in [0, 0.1) is 40.4 Å². The summed E-state index contributed by atoms with van der Waals surface area (Å²) in [6, 6.07) is 0.466. The zero-order chi connectivity index (χ0) is 17.1. The fourth-order valence-electron chi connectivity index (χ4n) is 7.05. The number of hydrogen-bond acceptors (Lipinski definition) is 1. The minimum atomic E-state index is 0.309. The van der Waals surface area contributed by atoms with Crippen LogP contribution < -0.4 is 0 Å². The molecule has 0 aromatic rings. The summed E-state index contributed by atoms with van der Waals surface area (Å²) < 4.78 is 0. The third kappa shape index (κ3) is 2.00. The van der Waals surface area contributed by atoms with E-state index in [1.807, 2.05) is 14.0 Å². The molecule has 0 bridgehead atoms. The van der Waals surface area contributed by atoms with Crippen molar-refractivity contribution in [3.8, 4) is 11.8 Å². The number of nitrogens with zero attached hydrogens (tertiary/aromatic N) is 1. The fourth-order valence-corrected chi connectivity index (χ4v) is 7.05. The summed E-state index contributed by atoms with van der Waals surface area (Å²) in [4.78, 5) is 14.3. The lowest BCUT2D eigenvalue weighted by molar-refractivity contribution is -0.156. The number of amides is 1. The summed E-state index contributed by atoms with van der Waals surface area (Å²) in [5.41, 5.74) is 2.05. The third-order valence-corrected chi connectivity index (χ3v) is 8.40. The molecule has 3 aliphatic carbocycles. The van der Waals surface area contributed by atoms with Gasteiger partial charge in [-0.2, -0.15) is 0 Å². The van der Waals surface area contributed by atoms with Gasteiger partial charge in [-0.15, -0.1) is 5.92 Å². The first kappa shape index (κ1) is 16.2. The Morgan fingerprint density at radius 3 is 2.71 bits per heavy atom. The Morgan fingerprint density at radius 1 is 1.17 bits per heavy atom. The molecule has 2 heteroatoms. The molecule has 5 unspecified atom stereocenters. The minimum absolute atomic E-state index is 0.309. The van der Waals surface area contributed by atoms with Crippen molar-refractivity contribution in [1.29, 1.82) is 0 Å². The summed E-state index contributed by atoms with van der Waals surface area (Å²) in [5.74, 6) is 9.29. The van der Waals surface area contributed by atoms with Crippen LogP contribution in [0.2, 0.25) is 0 Å². The van der Waals surface area contributed by atoms with E-state index in [1.54, 1.807) is 0 Å². The zero-order valence-electron chi connectivity index (χ0n) is 15.7. The fraction of sp³-hybridized carbons (Fsp3) is 0.773. The Balaban J connectivity index is 1.64. The zero-order valence-corrected chi connectivity index (χ0v) is 15.7. The lowest BCUT2D eigenvalue weighted by atomic mass is 9.47. The Bertz CT molecular complexity index is 653. The summed E-state index contributed by atoms with van der Waals surface area (Å²) in [5, 5.41) is 0. The summed E-state index contributed by atoms with van der Waals surface area (Å²) in [6.07, 6.45) is 10.6. The number of allylic oxidation sites excluding steroid dienone is 2. The van der Waals surface area contributed by atoms with E-state index in [4.69, 9.17) is 0 Å². The molecule has 0 aromatic carbocycles. The van der Waals surface area contributed by atoms with Crippen molar-refractivity contribution in [2.45, 2.75) is 71.8 Å². The minimum Gasteiger partial charge on any atom is -0.342 e. The standard InChI is InChI=1S/C22H31NO/c1-5-6-15-7-9-17-16-8-10-19-22(3,14-12-20(24)23(19)4)18(16)11-13-21(15,17)2/h7,16-19H,8-14H2,1-4H3/t16?,17?,18?,19-,21?,22?/m1/s1. The highest BCUT2D eigenvalue weighted by Gasteiger charge is 2.59. The van der Waals surface area contributed by atoms with E-state index in [0.29, 0.717) is 22.8 Å². The van der Waals surface area contributed by atoms with E-state index >= 15 is 0 Å². The molecule has 130 valence electrons. The average Bonchev–Trinajstić information content (AvgIpc) is 2.89. The van der Waals surface area contributed by atoms with Crippen LogP contribution in [0.4, 0.5) is 0 Å². The average molecular weight is 325 g/mol. The van der Waals surface area contributed by atoms with Gasteiger partial charge in [-0.05, 0) is 68.6 Å². The Labute approximate surface area is 147 Å². The van der Waals surface area contributed by atoms with Crippen LogP contribution in [0.25, 0.3) is 0 Å². The van der Waals surface area contributed by atoms with Crippen LogP contribution in [0.15, 0.2) is 11.6 Å². The number of carbonyl (C=O) groups excluding carboxylic acids is 1. The molecule has 6 atom stereocenters. The van der Waals surface area contributed by atoms with E-state index < -0.39 is 0 Å². The predicted octanol–water partition coefficient (Wildman–Crippen LogP) is 4.41. The molecule has 0 aromatic heterocycles. The van der Waals surface area contributed by atoms with Gasteiger partial charge in [0, 0.05) is 30.5 Å². The van der Waals surface area contributed by atoms with Crippen LogP contribution in [0.1, 0.15) is 65.7 Å². The first-order valence-corrected chi connectivity index (χ1v) is 9.81. The second-order valence-corrected chi connectivity index (χ2v) is 9.17. The molecule has 0 N–H and O–H groups in total. The molecule has 1 heterocycles. The van der Waals surface area contributed by atoms with Gasteiger partial charge in [0.15, 0.2) is 0 Å². The summed E-state index contributed by atoms with van der Waals surface area (Å²) in [6.45, 7) is 6.93. The van der Waals surface area contributed by atoms with Gasteiger partial charge in [0.05, 0.1) is 0 Å². The van der Waals surface area contributed by atoms with Crippen molar-refractivity contribution in [3.63, 3.8) is 0 Å². The van der Waals surface area contributed by atoms with E-state index in [0.717, 1.165) is 30.6 Å². The third-order valence-electron chi connectivity index (χ3n) is 8.40. The monoisotopic (exact) mass is 325 g/mol. The van der Waals surface area contributed by atoms with Gasteiger partial charge in [0.1, 0.15) is 0 Å². The number of piperidine rings is 1. The highest BCUT2D eigenvalue weighted by Crippen LogP contribution is 2.64. The summed E-state index contributed by atoms with van der Waals surface area (Å²) in [7, 11) is 2.05. The molecule has 24 heavy (non-hydrogen) atoms. The maximum absolute atomic E-state index is 12.2. The molecular weight excluding hydrogens is 294 g/mol. The maximum atomic E-state index is 12.2. The van der Waals surface area contributed by atoms with Crippen molar-refractivity contribution in [2.24, 2.45) is 28.6 Å². The number of carbonyl (C=O) groups is 1. The molecule has 1 amide bonds. The molecular formula is C22H31NO. The van der Waals surface area contributed by atoms with Gasteiger partial charge in [-0.1, -0.05) is 25.8 Å². The Kier molecular flexibility index (Phi) is 3.64. The maximum Gasteiger partial charge on any atom is 0.222 e. The number of rotatable bonds is 0. The lowest BCUT2D eigenvalue weighted by Gasteiger charge is -2.61. The van der Waals surface area contributed by atoms with E-state index in [1.165, 1.54) is 37.7 Å². The first-order valence-electron chi connectivity index (χ1n) is 9.81. The van der Waals surface area contributed by atoms with Crippen LogP contribution in [0.3, 0.4) is 0 Å². The molecule has 4 rings (SSSR count). The van der Waals surface area contributed by atoms with Crippen LogP contribution in [-0.4, -0.2) is 23.9 Å². The molecule has 4 aliphatic rings. The Morgan fingerprint density at radius 2 is 1.96 bits per heavy atom. The topological polar surface area (TPSA) is 20.3 Å². The molecule has 0 radical (unpaired) electrons. The van der Waals surface area contributed by atoms with Gasteiger partial charge < -0.3 is 4.90 Å². The second kappa shape index (κ2) is 5.38. The molecule has 2 saturated carbocycles. The van der Waals surface area contributed by atoms with Crippen molar-refractivity contribution in [2.75, 3.05) is 7.05 Å². The van der Waals surface area contributed by atoms with Crippen molar-refractivity contribution >= 4 is 5.91 Å². The predicted molar refractivity (Wildman–Crippen MR) is 97.1 cm³/mol. The van der Waals surface area contributed by atoms with Crippen LogP contribution in [0.5, 0.6) is 0 Å². The van der Waals surface area contributed by atoms with Crippen molar-refractivity contribution < 1.29 is 4.79 Å². The molecule has 0 spiro atoms. The molecule has 3 fully saturated rings. The second-order valence-electron chi connectivity index (χ2n) is 9.17. The van der Waals surface area contributed by atoms with E-state index in [9.17, 15) is 4.79 Å². The number of likely N-dealkylation sites (tertiary alicyclic amines) is 1. The largest absolute Gasteiger partial charge is 0.342 e. The number of hydrogen-bond donors (Lipinski definition) is 0. The SMILES string of the molecule is CC#CC1=CCC2C3CC[C@H]4N(C)C(=O)CCC4(C)C3CCC12C. The Hall–Kier alpha value is -1.23.